The molecule has 1 aromatic heterocycles. The minimum Gasteiger partial charge on any atom is -0.444 e. The lowest BCUT2D eigenvalue weighted by Gasteiger charge is -2.37. The van der Waals surface area contributed by atoms with E-state index in [2.05, 4.69) is 14.9 Å². The Morgan fingerprint density at radius 1 is 1.07 bits per heavy atom. The van der Waals surface area contributed by atoms with Crippen LogP contribution in [0.3, 0.4) is 0 Å². The molecule has 0 atom stereocenters. The average molecular weight is 374 g/mol. The fraction of sp³-hybridized carbons (Fsp3) is 0.421. The van der Waals surface area contributed by atoms with Gasteiger partial charge in [-0.3, -0.25) is 0 Å². The second-order valence-electron chi connectivity index (χ2n) is 7.21. The summed E-state index contributed by atoms with van der Waals surface area (Å²) in [5.74, 6) is 0.0590. The van der Waals surface area contributed by atoms with Crippen molar-refractivity contribution in [2.24, 2.45) is 0 Å². The minimum atomic E-state index is -0.520. The molecule has 0 spiro atoms. The molecule has 0 saturated carbocycles. The third-order valence-corrected chi connectivity index (χ3v) is 3.94. The second kappa shape index (κ2) is 7.77. The number of benzene rings is 1. The Morgan fingerprint density at radius 3 is 2.33 bits per heavy atom. The molecule has 1 amide bonds. The largest absolute Gasteiger partial charge is 0.444 e. The van der Waals surface area contributed by atoms with Crippen molar-refractivity contribution in [2.45, 2.75) is 26.4 Å². The van der Waals surface area contributed by atoms with Crippen molar-refractivity contribution in [1.82, 2.24) is 14.9 Å². The molecule has 2 heterocycles. The van der Waals surface area contributed by atoms with Crippen LogP contribution in [0.1, 0.15) is 20.8 Å². The second-order valence-corrected chi connectivity index (χ2v) is 7.21. The Morgan fingerprint density at radius 2 is 1.70 bits per heavy atom. The van der Waals surface area contributed by atoms with E-state index in [-0.39, 0.29) is 12.1 Å². The fourth-order valence-electron chi connectivity index (χ4n) is 2.71. The van der Waals surface area contributed by atoms with Gasteiger partial charge in [0.25, 0.3) is 0 Å². The van der Waals surface area contributed by atoms with Crippen molar-refractivity contribution in [1.29, 1.82) is 0 Å². The van der Waals surface area contributed by atoms with Crippen LogP contribution in [0.25, 0.3) is 0 Å². The van der Waals surface area contributed by atoms with Gasteiger partial charge in [0.1, 0.15) is 5.60 Å². The van der Waals surface area contributed by atoms with E-state index in [1.54, 1.807) is 4.90 Å². The lowest BCUT2D eigenvalue weighted by atomic mass is 10.2. The normalized spacial score (nSPS) is 14.8. The van der Waals surface area contributed by atoms with Crippen molar-refractivity contribution >= 4 is 11.8 Å². The molecule has 0 radical (unpaired) electrons. The van der Waals surface area contributed by atoms with Gasteiger partial charge in [-0.1, -0.05) is 12.1 Å². The van der Waals surface area contributed by atoms with Crippen molar-refractivity contribution in [3.63, 3.8) is 0 Å². The van der Waals surface area contributed by atoms with Crippen LogP contribution in [0, 0.1) is 5.82 Å². The number of amides is 1. The number of carbonyl (C=O) groups excluding carboxylic acids is 1. The van der Waals surface area contributed by atoms with E-state index >= 15 is 0 Å². The Kier molecular flexibility index (Phi) is 5.43. The summed E-state index contributed by atoms with van der Waals surface area (Å²) in [6, 6.07) is 7.58. The molecule has 1 saturated heterocycles. The molecule has 8 heteroatoms. The molecule has 1 fully saturated rings. The van der Waals surface area contributed by atoms with E-state index < -0.39 is 11.4 Å². The topological polar surface area (TPSA) is 67.8 Å². The summed E-state index contributed by atoms with van der Waals surface area (Å²) >= 11 is 0. The fourth-order valence-corrected chi connectivity index (χ4v) is 2.71. The number of hydrogen-bond donors (Lipinski definition) is 0. The number of ether oxygens (including phenoxy) is 2. The van der Waals surface area contributed by atoms with Crippen LogP contribution in [-0.4, -0.2) is 52.7 Å². The lowest BCUT2D eigenvalue weighted by Crippen LogP contribution is -2.50. The summed E-state index contributed by atoms with van der Waals surface area (Å²) in [7, 11) is 0. The molecule has 0 N–H and O–H groups in total. The van der Waals surface area contributed by atoms with Gasteiger partial charge in [-0.05, 0) is 32.9 Å². The summed E-state index contributed by atoms with van der Waals surface area (Å²) in [6.07, 6.45) is 1.82. The number of nitrogens with zero attached hydrogens (tertiary/aromatic N) is 4. The third-order valence-electron chi connectivity index (χ3n) is 3.94. The van der Waals surface area contributed by atoms with Crippen LogP contribution in [0.15, 0.2) is 36.7 Å². The zero-order chi connectivity index (χ0) is 19.4. The van der Waals surface area contributed by atoms with Gasteiger partial charge in [-0.25, -0.2) is 19.2 Å². The molecular weight excluding hydrogens is 351 g/mol. The Bertz CT molecular complexity index is 784. The predicted octanol–water partition coefficient (Wildman–Crippen LogP) is 3.47. The van der Waals surface area contributed by atoms with Crippen molar-refractivity contribution in [3.8, 4) is 11.8 Å². The van der Waals surface area contributed by atoms with Gasteiger partial charge in [-0.2, -0.15) is 0 Å². The highest BCUT2D eigenvalue weighted by atomic mass is 19.1. The highest BCUT2D eigenvalue weighted by Gasteiger charge is 2.27. The van der Waals surface area contributed by atoms with E-state index in [1.165, 1.54) is 0 Å². The summed E-state index contributed by atoms with van der Waals surface area (Å²) < 4.78 is 24.1. The van der Waals surface area contributed by atoms with Crippen molar-refractivity contribution < 1.29 is 18.7 Å². The average Bonchev–Trinajstić information content (AvgIpc) is 2.63. The highest BCUT2D eigenvalue weighted by molar-refractivity contribution is 5.69. The van der Waals surface area contributed by atoms with E-state index in [1.807, 2.05) is 45.0 Å². The van der Waals surface area contributed by atoms with Crippen LogP contribution in [-0.2, 0) is 4.74 Å². The number of para-hydroxylation sites is 2. The molecule has 7 nitrogen and oxygen atoms in total. The van der Waals surface area contributed by atoms with Crippen LogP contribution in [0.4, 0.5) is 14.9 Å². The first-order chi connectivity index (χ1) is 12.8. The SMILES string of the molecule is CC(C)(C)OC(=O)N1CCN(c2ccccc2Oc2ncc(F)cn2)CC1. The number of aromatic nitrogens is 2. The van der Waals surface area contributed by atoms with Crippen molar-refractivity contribution in [2.75, 3.05) is 31.1 Å². The summed E-state index contributed by atoms with van der Waals surface area (Å²) in [5, 5.41) is 0. The maximum atomic E-state index is 13.0. The Balaban J connectivity index is 1.66. The number of piperazine rings is 1. The van der Waals surface area contributed by atoms with Gasteiger partial charge in [0.05, 0.1) is 18.1 Å². The van der Waals surface area contributed by atoms with Crippen molar-refractivity contribution in [3.05, 3.63) is 42.5 Å². The predicted molar refractivity (Wildman–Crippen MR) is 98.5 cm³/mol. The standard InChI is InChI=1S/C19H23FN4O3/c1-19(2,3)27-18(25)24-10-8-23(9-11-24)15-6-4-5-7-16(15)26-17-21-12-14(20)13-22-17/h4-7,12-13H,8-11H2,1-3H3. The summed E-state index contributed by atoms with van der Waals surface area (Å²) in [5.41, 5.74) is 0.360. The molecule has 27 heavy (non-hydrogen) atoms. The Labute approximate surface area is 157 Å². The third kappa shape index (κ3) is 5.06. The van der Waals surface area contributed by atoms with E-state index in [0.717, 1.165) is 18.1 Å². The molecule has 1 aliphatic heterocycles. The Hall–Kier alpha value is -2.90. The van der Waals surface area contributed by atoms with Gasteiger partial charge in [0, 0.05) is 26.2 Å². The summed E-state index contributed by atoms with van der Waals surface area (Å²) in [6.45, 7) is 7.95. The van der Waals surface area contributed by atoms with Crippen LogP contribution >= 0.6 is 0 Å². The smallest absolute Gasteiger partial charge is 0.410 e. The van der Waals surface area contributed by atoms with Gasteiger partial charge in [0.2, 0.25) is 0 Å². The lowest BCUT2D eigenvalue weighted by molar-refractivity contribution is 0.0240. The molecule has 0 aliphatic carbocycles. The van der Waals surface area contributed by atoms with Gasteiger partial charge >= 0.3 is 12.1 Å². The molecule has 1 aliphatic rings. The van der Waals surface area contributed by atoms with Crippen LogP contribution in [0.2, 0.25) is 0 Å². The first kappa shape index (κ1) is 18.9. The summed E-state index contributed by atoms with van der Waals surface area (Å²) in [4.78, 5) is 23.7. The molecule has 3 rings (SSSR count). The minimum absolute atomic E-state index is 0.0799. The molecular formula is C19H23FN4O3. The number of hydrogen-bond acceptors (Lipinski definition) is 6. The first-order valence-corrected chi connectivity index (χ1v) is 8.79. The maximum absolute atomic E-state index is 13.0. The molecule has 144 valence electrons. The van der Waals surface area contributed by atoms with Gasteiger partial charge in [0.15, 0.2) is 11.6 Å². The number of rotatable bonds is 3. The van der Waals surface area contributed by atoms with Gasteiger partial charge in [-0.15, -0.1) is 0 Å². The first-order valence-electron chi connectivity index (χ1n) is 8.79. The van der Waals surface area contributed by atoms with E-state index in [4.69, 9.17) is 9.47 Å². The van der Waals surface area contributed by atoms with Gasteiger partial charge < -0.3 is 19.3 Å². The molecule has 1 aromatic carbocycles. The molecule has 0 bridgehead atoms. The van der Waals surface area contributed by atoms with Crippen LogP contribution < -0.4 is 9.64 Å². The number of carbonyl (C=O) groups is 1. The molecule has 2 aromatic rings. The maximum Gasteiger partial charge on any atom is 0.410 e. The number of halogens is 1. The quantitative estimate of drug-likeness (QED) is 0.820. The highest BCUT2D eigenvalue weighted by Crippen LogP contribution is 2.31. The van der Waals surface area contributed by atoms with E-state index in [0.29, 0.717) is 31.9 Å². The zero-order valence-electron chi connectivity index (χ0n) is 15.7. The monoisotopic (exact) mass is 374 g/mol. The van der Waals surface area contributed by atoms with Crippen LogP contribution in [0.5, 0.6) is 11.8 Å². The molecule has 0 unspecified atom stereocenters. The van der Waals surface area contributed by atoms with E-state index in [9.17, 15) is 9.18 Å². The number of anilines is 1. The zero-order valence-corrected chi connectivity index (χ0v) is 15.7.